The van der Waals surface area contributed by atoms with Crippen molar-refractivity contribution in [1.82, 2.24) is 10.6 Å². The molecule has 1 aromatic carbocycles. The van der Waals surface area contributed by atoms with Crippen molar-refractivity contribution in [2.45, 2.75) is 33.4 Å². The van der Waals surface area contributed by atoms with Gasteiger partial charge in [-0.15, -0.1) is 12.4 Å². The summed E-state index contributed by atoms with van der Waals surface area (Å²) in [7, 11) is 1.44. The highest BCUT2D eigenvalue weighted by Gasteiger charge is 2.24. The van der Waals surface area contributed by atoms with E-state index in [4.69, 9.17) is 4.74 Å². The molecule has 1 atom stereocenters. The number of amides is 2. The minimum Gasteiger partial charge on any atom is -0.375 e. The Labute approximate surface area is 150 Å². The van der Waals surface area contributed by atoms with Gasteiger partial charge in [-0.05, 0) is 30.2 Å². The molecule has 6 nitrogen and oxygen atoms in total. The predicted octanol–water partition coefficient (Wildman–Crippen LogP) is 1.94. The number of methoxy groups -OCH3 is 1. The molecular weight excluding hydrogens is 330 g/mol. The van der Waals surface area contributed by atoms with Crippen LogP contribution in [-0.2, 0) is 20.9 Å². The van der Waals surface area contributed by atoms with Gasteiger partial charge in [-0.1, -0.05) is 32.9 Å². The topological polar surface area (TPSA) is 79.5 Å². The fourth-order valence-corrected chi connectivity index (χ4v) is 2.13. The molecular formula is C17H28ClN3O3. The van der Waals surface area contributed by atoms with Crippen molar-refractivity contribution in [3.8, 4) is 0 Å². The molecule has 24 heavy (non-hydrogen) atoms. The van der Waals surface area contributed by atoms with E-state index in [9.17, 15) is 9.59 Å². The third-order valence-electron chi connectivity index (χ3n) is 3.31. The van der Waals surface area contributed by atoms with Gasteiger partial charge in [0.25, 0.3) is 0 Å². The molecule has 0 aliphatic carbocycles. The van der Waals surface area contributed by atoms with Gasteiger partial charge in [0, 0.05) is 19.3 Å². The number of ether oxygens (including phenoxy) is 1. The van der Waals surface area contributed by atoms with Gasteiger partial charge in [0.1, 0.15) is 12.6 Å². The van der Waals surface area contributed by atoms with Crippen LogP contribution in [0.2, 0.25) is 0 Å². The van der Waals surface area contributed by atoms with Crippen molar-refractivity contribution in [2.24, 2.45) is 5.92 Å². The van der Waals surface area contributed by atoms with Crippen molar-refractivity contribution >= 4 is 29.9 Å². The molecule has 0 saturated heterocycles. The third-order valence-corrected chi connectivity index (χ3v) is 3.31. The first kappa shape index (κ1) is 22.4. The van der Waals surface area contributed by atoms with Gasteiger partial charge >= 0.3 is 0 Å². The Bertz CT molecular complexity index is 524. The second kappa shape index (κ2) is 11.8. The minimum absolute atomic E-state index is 0. The first-order valence-electron chi connectivity index (χ1n) is 7.86. The Balaban J connectivity index is 0.00000529. The van der Waals surface area contributed by atoms with Gasteiger partial charge in [0.05, 0.1) is 0 Å². The summed E-state index contributed by atoms with van der Waals surface area (Å²) in [5, 5.41) is 8.81. The van der Waals surface area contributed by atoms with Crippen molar-refractivity contribution < 1.29 is 14.3 Å². The van der Waals surface area contributed by atoms with E-state index in [0.717, 1.165) is 24.3 Å². The van der Waals surface area contributed by atoms with Crippen LogP contribution in [0.3, 0.4) is 0 Å². The number of rotatable bonds is 9. The van der Waals surface area contributed by atoms with Gasteiger partial charge in [-0.25, -0.2) is 0 Å². The van der Waals surface area contributed by atoms with E-state index in [1.165, 1.54) is 7.11 Å². The average molecular weight is 358 g/mol. The molecule has 3 N–H and O–H groups in total. The van der Waals surface area contributed by atoms with E-state index in [0.29, 0.717) is 0 Å². The maximum Gasteiger partial charge on any atom is 0.247 e. The quantitative estimate of drug-likeness (QED) is 0.631. The molecule has 0 heterocycles. The Hall–Kier alpha value is -1.63. The summed E-state index contributed by atoms with van der Waals surface area (Å²) in [6.45, 7) is 7.39. The van der Waals surface area contributed by atoms with Crippen LogP contribution in [0, 0.1) is 5.92 Å². The minimum atomic E-state index is -0.602. The molecule has 1 rings (SSSR count). The lowest BCUT2D eigenvalue weighted by Gasteiger charge is -2.21. The highest BCUT2D eigenvalue weighted by molar-refractivity contribution is 5.97. The van der Waals surface area contributed by atoms with Crippen molar-refractivity contribution in [1.29, 1.82) is 0 Å². The highest BCUT2D eigenvalue weighted by Crippen LogP contribution is 2.12. The number of hydrogen-bond donors (Lipinski definition) is 3. The smallest absolute Gasteiger partial charge is 0.247 e. The Kier molecular flexibility index (Phi) is 11.0. The summed E-state index contributed by atoms with van der Waals surface area (Å²) in [6.07, 6.45) is 0. The fraction of sp³-hybridized carbons (Fsp3) is 0.529. The highest BCUT2D eigenvalue weighted by atomic mass is 35.5. The summed E-state index contributed by atoms with van der Waals surface area (Å²) in [4.78, 5) is 24.1. The van der Waals surface area contributed by atoms with Gasteiger partial charge < -0.3 is 20.7 Å². The molecule has 0 aliphatic rings. The number of halogens is 1. The van der Waals surface area contributed by atoms with Gasteiger partial charge in [0.15, 0.2) is 0 Å². The van der Waals surface area contributed by atoms with Crippen molar-refractivity contribution in [3.05, 3.63) is 29.8 Å². The van der Waals surface area contributed by atoms with Crippen LogP contribution in [0.25, 0.3) is 0 Å². The Morgan fingerprint density at radius 2 is 1.96 bits per heavy atom. The van der Waals surface area contributed by atoms with E-state index >= 15 is 0 Å². The first-order chi connectivity index (χ1) is 11.0. The molecule has 0 aliphatic heterocycles. The maximum atomic E-state index is 12.4. The standard InChI is InChI=1S/C17H27N3O3.ClH/c1-5-18-10-13-7-6-8-14(9-13)19-17(22)16(12(2)3)20-15(21)11-23-4;/h6-9,12,16,18H,5,10-11H2,1-4H3,(H,19,22)(H,20,21);1H/t16-;/m0./s1. The van der Waals surface area contributed by atoms with Crippen molar-refractivity contribution in [2.75, 3.05) is 25.6 Å². The van der Waals surface area contributed by atoms with Crippen LogP contribution >= 0.6 is 12.4 Å². The number of hydrogen-bond acceptors (Lipinski definition) is 4. The summed E-state index contributed by atoms with van der Waals surface area (Å²) < 4.78 is 4.78. The van der Waals surface area contributed by atoms with Crippen molar-refractivity contribution in [3.63, 3.8) is 0 Å². The lowest BCUT2D eigenvalue weighted by molar-refractivity contribution is -0.129. The lowest BCUT2D eigenvalue weighted by Crippen LogP contribution is -2.48. The number of anilines is 1. The van der Waals surface area contributed by atoms with Crippen LogP contribution in [0.5, 0.6) is 0 Å². The predicted molar refractivity (Wildman–Crippen MR) is 98.3 cm³/mol. The SMILES string of the molecule is CCNCc1cccc(NC(=O)[C@@H](NC(=O)COC)C(C)C)c1.Cl. The van der Waals surface area contributed by atoms with Crippen LogP contribution in [0.4, 0.5) is 5.69 Å². The van der Waals surface area contributed by atoms with E-state index in [2.05, 4.69) is 16.0 Å². The van der Waals surface area contributed by atoms with E-state index in [-0.39, 0.29) is 36.7 Å². The number of carbonyl (C=O) groups is 2. The normalized spacial score (nSPS) is 11.5. The molecule has 136 valence electrons. The number of nitrogens with one attached hydrogen (secondary N) is 3. The van der Waals surface area contributed by atoms with Crippen LogP contribution in [0.1, 0.15) is 26.3 Å². The Morgan fingerprint density at radius 1 is 1.25 bits per heavy atom. The third kappa shape index (κ3) is 7.77. The van der Waals surface area contributed by atoms with Crippen LogP contribution in [0.15, 0.2) is 24.3 Å². The molecule has 0 fully saturated rings. The van der Waals surface area contributed by atoms with Gasteiger partial charge in [0.2, 0.25) is 11.8 Å². The van der Waals surface area contributed by atoms with Crippen LogP contribution < -0.4 is 16.0 Å². The zero-order chi connectivity index (χ0) is 17.2. The monoisotopic (exact) mass is 357 g/mol. The molecule has 0 saturated carbocycles. The fourth-order valence-electron chi connectivity index (χ4n) is 2.13. The zero-order valence-electron chi connectivity index (χ0n) is 14.7. The first-order valence-corrected chi connectivity index (χ1v) is 7.86. The molecule has 0 bridgehead atoms. The number of carbonyl (C=O) groups excluding carboxylic acids is 2. The summed E-state index contributed by atoms with van der Waals surface area (Å²) >= 11 is 0. The molecule has 0 spiro atoms. The lowest BCUT2D eigenvalue weighted by atomic mass is 10.0. The summed E-state index contributed by atoms with van der Waals surface area (Å²) in [5.74, 6) is -0.562. The van der Waals surface area contributed by atoms with Gasteiger partial charge in [-0.2, -0.15) is 0 Å². The zero-order valence-corrected chi connectivity index (χ0v) is 15.5. The molecule has 2 amide bonds. The average Bonchev–Trinajstić information content (AvgIpc) is 2.51. The summed E-state index contributed by atoms with van der Waals surface area (Å²) in [5.41, 5.74) is 1.81. The second-order valence-corrected chi connectivity index (χ2v) is 5.69. The summed E-state index contributed by atoms with van der Waals surface area (Å²) in [6, 6.07) is 7.06. The molecule has 1 aromatic rings. The van der Waals surface area contributed by atoms with E-state index in [1.807, 2.05) is 45.0 Å². The molecule has 0 radical (unpaired) electrons. The van der Waals surface area contributed by atoms with E-state index in [1.54, 1.807) is 0 Å². The largest absolute Gasteiger partial charge is 0.375 e. The Morgan fingerprint density at radius 3 is 2.54 bits per heavy atom. The molecule has 0 aromatic heterocycles. The maximum absolute atomic E-state index is 12.4. The molecule has 0 unspecified atom stereocenters. The molecule has 7 heteroatoms. The van der Waals surface area contributed by atoms with E-state index < -0.39 is 6.04 Å². The number of benzene rings is 1. The second-order valence-electron chi connectivity index (χ2n) is 5.69. The van der Waals surface area contributed by atoms with Crippen LogP contribution in [-0.4, -0.2) is 38.1 Å². The van der Waals surface area contributed by atoms with Gasteiger partial charge in [-0.3, -0.25) is 9.59 Å².